The number of hydrogen-bond donors (Lipinski definition) is 4. The molecule has 0 aromatic heterocycles. The van der Waals surface area contributed by atoms with E-state index in [1.807, 2.05) is 6.21 Å². The highest BCUT2D eigenvalue weighted by atomic mass is 16.6. The van der Waals surface area contributed by atoms with Crippen LogP contribution in [0.2, 0.25) is 0 Å². The molecule has 1 saturated carbocycles. The van der Waals surface area contributed by atoms with Gasteiger partial charge in [-0.25, -0.2) is 9.59 Å². The standard InChI is InChI=1S/C23H36N2O2.C4H4O4/c1-16(2)17-7-8-19-18(13-17)14-20(26)21-22(3,9-5-10-23(19,21)4)15-25-27-12-6-11-24;5-3(6)1-2-4(7)8/h7-8,13,15-16,20-21,26H,5-6,9-12,14,24H2,1-4H3;1-2H,(H,5,6)(H,7,8)/b25-15+;2-1+/t20-,21-,22-,23+;/m0./s1. The number of carboxylic acid groups (broad SMARTS) is 2. The summed E-state index contributed by atoms with van der Waals surface area (Å²) in [5.41, 5.74) is 9.43. The van der Waals surface area contributed by atoms with Gasteiger partial charge >= 0.3 is 11.9 Å². The fraction of sp³-hybridized carbons (Fsp3) is 0.593. The number of fused-ring (bicyclic) bond motifs is 3. The zero-order chi connectivity index (χ0) is 26.2. The average molecular weight is 489 g/mol. The van der Waals surface area contributed by atoms with Crippen molar-refractivity contribution in [3.63, 3.8) is 0 Å². The number of nitrogens with two attached hydrogens (primary N) is 1. The number of aliphatic hydroxyl groups excluding tert-OH is 1. The normalized spacial score (nSPS) is 27.7. The van der Waals surface area contributed by atoms with Crippen LogP contribution in [0.5, 0.6) is 0 Å². The number of carboxylic acids is 2. The first-order valence-electron chi connectivity index (χ1n) is 12.3. The molecule has 1 aromatic carbocycles. The summed E-state index contributed by atoms with van der Waals surface area (Å²) in [5.74, 6) is -1.86. The molecule has 5 N–H and O–H groups in total. The molecule has 35 heavy (non-hydrogen) atoms. The second-order valence-corrected chi connectivity index (χ2v) is 10.3. The van der Waals surface area contributed by atoms with Gasteiger partial charge in [-0.1, -0.05) is 57.5 Å². The third-order valence-corrected chi connectivity index (χ3v) is 7.26. The maximum Gasteiger partial charge on any atom is 0.328 e. The fourth-order valence-corrected chi connectivity index (χ4v) is 5.73. The van der Waals surface area contributed by atoms with E-state index < -0.39 is 11.9 Å². The largest absolute Gasteiger partial charge is 0.478 e. The highest BCUT2D eigenvalue weighted by Gasteiger charge is 2.55. The van der Waals surface area contributed by atoms with E-state index in [0.717, 1.165) is 32.1 Å². The van der Waals surface area contributed by atoms with Gasteiger partial charge in [-0.15, -0.1) is 0 Å². The Kier molecular flexibility index (Phi) is 10.0. The van der Waals surface area contributed by atoms with Crippen molar-refractivity contribution in [3.8, 4) is 0 Å². The van der Waals surface area contributed by atoms with Crippen LogP contribution in [0.25, 0.3) is 0 Å². The Morgan fingerprint density at radius 2 is 1.86 bits per heavy atom. The molecule has 0 spiro atoms. The zero-order valence-corrected chi connectivity index (χ0v) is 21.2. The summed E-state index contributed by atoms with van der Waals surface area (Å²) in [5, 5.41) is 31.1. The van der Waals surface area contributed by atoms with Crippen LogP contribution in [0.1, 0.15) is 76.0 Å². The minimum atomic E-state index is -1.26. The van der Waals surface area contributed by atoms with Crippen LogP contribution < -0.4 is 5.73 Å². The van der Waals surface area contributed by atoms with Crippen molar-refractivity contribution in [1.29, 1.82) is 0 Å². The lowest BCUT2D eigenvalue weighted by molar-refractivity contribution is -0.134. The molecule has 8 nitrogen and oxygen atoms in total. The van der Waals surface area contributed by atoms with Crippen LogP contribution >= 0.6 is 0 Å². The lowest BCUT2D eigenvalue weighted by atomic mass is 9.49. The second-order valence-electron chi connectivity index (χ2n) is 10.3. The predicted molar refractivity (Wildman–Crippen MR) is 136 cm³/mol. The van der Waals surface area contributed by atoms with Gasteiger partial charge in [-0.3, -0.25) is 0 Å². The molecule has 2 aliphatic rings. The summed E-state index contributed by atoms with van der Waals surface area (Å²) in [6.45, 7) is 10.2. The first kappa shape index (κ1) is 28.5. The van der Waals surface area contributed by atoms with Crippen molar-refractivity contribution in [2.45, 2.75) is 77.2 Å². The number of oxime groups is 1. The van der Waals surface area contributed by atoms with Gasteiger partial charge in [0.15, 0.2) is 0 Å². The molecule has 0 amide bonds. The molecule has 194 valence electrons. The van der Waals surface area contributed by atoms with Crippen LogP contribution in [0.3, 0.4) is 0 Å². The molecule has 8 heteroatoms. The Balaban J connectivity index is 0.000000466. The summed E-state index contributed by atoms with van der Waals surface area (Å²) in [7, 11) is 0. The van der Waals surface area contributed by atoms with Gasteiger partial charge in [-0.05, 0) is 60.3 Å². The molecule has 3 rings (SSSR count). The smallest absolute Gasteiger partial charge is 0.328 e. The van der Waals surface area contributed by atoms with Gasteiger partial charge in [0.05, 0.1) is 12.3 Å². The van der Waals surface area contributed by atoms with Crippen molar-refractivity contribution in [2.24, 2.45) is 22.2 Å². The van der Waals surface area contributed by atoms with E-state index in [4.69, 9.17) is 20.8 Å². The Labute approximate surface area is 207 Å². The summed E-state index contributed by atoms with van der Waals surface area (Å²) >= 11 is 0. The molecule has 2 aliphatic carbocycles. The molecular weight excluding hydrogens is 448 g/mol. The van der Waals surface area contributed by atoms with Gasteiger partial charge in [0.2, 0.25) is 0 Å². The van der Waals surface area contributed by atoms with Crippen LogP contribution in [0.15, 0.2) is 35.5 Å². The molecule has 0 bridgehead atoms. The number of benzene rings is 1. The number of rotatable bonds is 8. The van der Waals surface area contributed by atoms with Crippen LogP contribution in [-0.2, 0) is 26.3 Å². The Bertz CT molecular complexity index is 928. The molecule has 0 heterocycles. The monoisotopic (exact) mass is 488 g/mol. The maximum absolute atomic E-state index is 11.2. The molecular formula is C27H40N2O6. The first-order chi connectivity index (χ1) is 16.4. The van der Waals surface area contributed by atoms with Crippen molar-refractivity contribution in [2.75, 3.05) is 13.2 Å². The van der Waals surface area contributed by atoms with Crippen molar-refractivity contribution >= 4 is 18.2 Å². The average Bonchev–Trinajstić information content (AvgIpc) is 2.77. The Morgan fingerprint density at radius 3 is 2.43 bits per heavy atom. The summed E-state index contributed by atoms with van der Waals surface area (Å²) in [6.07, 6.45) is 7.54. The molecule has 0 unspecified atom stereocenters. The van der Waals surface area contributed by atoms with E-state index in [9.17, 15) is 14.7 Å². The van der Waals surface area contributed by atoms with Crippen LogP contribution in [0, 0.1) is 11.3 Å². The minimum absolute atomic E-state index is 0.0290. The zero-order valence-electron chi connectivity index (χ0n) is 21.2. The summed E-state index contributed by atoms with van der Waals surface area (Å²) < 4.78 is 0. The number of nitrogens with zero attached hydrogens (tertiary/aromatic N) is 1. The topological polar surface area (TPSA) is 142 Å². The van der Waals surface area contributed by atoms with E-state index in [1.165, 1.54) is 16.7 Å². The van der Waals surface area contributed by atoms with Gasteiger partial charge in [-0.2, -0.15) is 0 Å². The second kappa shape index (κ2) is 12.3. The molecule has 0 radical (unpaired) electrons. The summed E-state index contributed by atoms with van der Waals surface area (Å²) in [6, 6.07) is 6.92. The first-order valence-corrected chi connectivity index (χ1v) is 12.3. The van der Waals surface area contributed by atoms with Gasteiger partial charge in [0, 0.05) is 23.5 Å². The summed E-state index contributed by atoms with van der Waals surface area (Å²) in [4.78, 5) is 24.5. The quantitative estimate of drug-likeness (QED) is 0.188. The van der Waals surface area contributed by atoms with E-state index >= 15 is 0 Å². The van der Waals surface area contributed by atoms with Gasteiger partial charge < -0.3 is 25.9 Å². The number of carbonyl (C=O) groups is 2. The van der Waals surface area contributed by atoms with Crippen molar-refractivity contribution in [1.82, 2.24) is 0 Å². The molecule has 1 aromatic rings. The van der Waals surface area contributed by atoms with Gasteiger partial charge in [0.25, 0.3) is 0 Å². The maximum atomic E-state index is 11.2. The molecule has 0 aliphatic heterocycles. The Morgan fingerprint density at radius 1 is 1.20 bits per heavy atom. The van der Waals surface area contributed by atoms with Crippen molar-refractivity contribution in [3.05, 3.63) is 47.0 Å². The highest BCUT2D eigenvalue weighted by molar-refractivity contribution is 5.89. The van der Waals surface area contributed by atoms with E-state index in [1.54, 1.807) is 0 Å². The van der Waals surface area contributed by atoms with E-state index in [2.05, 4.69) is 51.0 Å². The lowest BCUT2D eigenvalue weighted by Gasteiger charge is -2.56. The minimum Gasteiger partial charge on any atom is -0.478 e. The lowest BCUT2D eigenvalue weighted by Crippen LogP contribution is -2.56. The third-order valence-electron chi connectivity index (χ3n) is 7.26. The predicted octanol–water partition coefficient (Wildman–Crippen LogP) is 3.85. The molecule has 4 atom stereocenters. The molecule has 0 saturated heterocycles. The van der Waals surface area contributed by atoms with Crippen molar-refractivity contribution < 1.29 is 29.7 Å². The number of aliphatic carboxylic acids is 2. The SMILES string of the molecule is CC(C)c1ccc2c(c1)C[C@H](O)[C@H]1[C@](C)(/C=N/OCCCN)CCC[C@]21C.O=C(O)/C=C/C(=O)O. The molecule has 1 fully saturated rings. The fourth-order valence-electron chi connectivity index (χ4n) is 5.73. The van der Waals surface area contributed by atoms with Gasteiger partial charge in [0.1, 0.15) is 6.61 Å². The third kappa shape index (κ3) is 7.15. The highest BCUT2D eigenvalue weighted by Crippen LogP contribution is 2.56. The van der Waals surface area contributed by atoms with Crippen LogP contribution in [-0.4, -0.2) is 52.7 Å². The Hall–Kier alpha value is -2.71. The number of aliphatic hydroxyl groups is 1. The van der Waals surface area contributed by atoms with Crippen LogP contribution in [0.4, 0.5) is 0 Å². The van der Waals surface area contributed by atoms with E-state index in [0.29, 0.717) is 31.2 Å². The number of hydrogen-bond acceptors (Lipinski definition) is 6. The van der Waals surface area contributed by atoms with E-state index in [-0.39, 0.29) is 22.9 Å².